The van der Waals surface area contributed by atoms with Crippen LogP contribution in [0.4, 0.5) is 0 Å². The molecule has 0 rings (SSSR count). The quantitative estimate of drug-likeness (QED) is 0.455. The lowest BCUT2D eigenvalue weighted by molar-refractivity contribution is -0.144. The highest BCUT2D eigenvalue weighted by atomic mass is 32.2. The normalized spacial score (nSPS) is 13.6. The fourth-order valence-electron chi connectivity index (χ4n) is 1.70. The van der Waals surface area contributed by atoms with Crippen molar-refractivity contribution in [3.8, 4) is 0 Å². The maximum absolute atomic E-state index is 11.7. The molecule has 21 heavy (non-hydrogen) atoms. The number of hydrogen-bond donors (Lipinski definition) is 2. The van der Waals surface area contributed by atoms with Crippen LogP contribution in [0.15, 0.2) is 0 Å². The predicted molar refractivity (Wildman–Crippen MR) is 84.0 cm³/mol. The molecular formula is C14H26N2O4S. The fraction of sp³-hybridized carbons (Fsp3) is 0.786. The summed E-state index contributed by atoms with van der Waals surface area (Å²) in [7, 11) is 0. The largest absolute Gasteiger partial charge is 0.465 e. The average Bonchev–Trinajstić information content (AvgIpc) is 2.40. The highest BCUT2D eigenvalue weighted by molar-refractivity contribution is 7.99. The van der Waals surface area contributed by atoms with Gasteiger partial charge >= 0.3 is 5.97 Å². The number of carbonyl (C=O) groups excluding carboxylic acids is 3. The van der Waals surface area contributed by atoms with E-state index in [2.05, 4.69) is 5.32 Å². The van der Waals surface area contributed by atoms with Gasteiger partial charge < -0.3 is 15.8 Å². The molecule has 7 heteroatoms. The number of nitrogens with one attached hydrogen (secondary N) is 1. The van der Waals surface area contributed by atoms with E-state index in [1.54, 1.807) is 6.92 Å². The molecule has 0 aliphatic rings. The zero-order valence-electron chi connectivity index (χ0n) is 13.2. The minimum absolute atomic E-state index is 0.0484. The van der Waals surface area contributed by atoms with Gasteiger partial charge in [0.1, 0.15) is 6.04 Å². The summed E-state index contributed by atoms with van der Waals surface area (Å²) in [6.07, 6.45) is 0.455. The second-order valence-corrected chi connectivity index (χ2v) is 6.20. The topological polar surface area (TPSA) is 98.5 Å². The predicted octanol–water partition coefficient (Wildman–Crippen LogP) is 0.730. The van der Waals surface area contributed by atoms with Crippen LogP contribution in [-0.4, -0.2) is 47.9 Å². The van der Waals surface area contributed by atoms with Crippen LogP contribution in [0.1, 0.15) is 34.1 Å². The summed E-state index contributed by atoms with van der Waals surface area (Å²) in [5, 5.41) is 2.71. The van der Waals surface area contributed by atoms with Crippen molar-refractivity contribution in [1.82, 2.24) is 5.32 Å². The maximum atomic E-state index is 11.7. The molecule has 3 N–H and O–H groups in total. The molecule has 0 aromatic rings. The van der Waals surface area contributed by atoms with Gasteiger partial charge in [0.15, 0.2) is 5.78 Å². The SMILES string of the molecule is CCOC(=O)C(N)CCSCC(=O)NC(C(C)=O)C(C)C. The molecule has 0 saturated carbocycles. The maximum Gasteiger partial charge on any atom is 0.322 e. The molecule has 0 spiro atoms. The van der Waals surface area contributed by atoms with Crippen molar-refractivity contribution in [3.63, 3.8) is 0 Å². The Balaban J connectivity index is 3.94. The smallest absolute Gasteiger partial charge is 0.322 e. The fourth-order valence-corrected chi connectivity index (χ4v) is 2.53. The molecule has 2 atom stereocenters. The molecular weight excluding hydrogens is 292 g/mol. The molecule has 0 aliphatic heterocycles. The number of hydrogen-bond acceptors (Lipinski definition) is 6. The van der Waals surface area contributed by atoms with Crippen LogP contribution in [0.5, 0.6) is 0 Å². The van der Waals surface area contributed by atoms with Gasteiger partial charge in [-0.1, -0.05) is 13.8 Å². The van der Waals surface area contributed by atoms with E-state index in [9.17, 15) is 14.4 Å². The lowest BCUT2D eigenvalue weighted by atomic mass is 10.0. The van der Waals surface area contributed by atoms with Crippen LogP contribution < -0.4 is 11.1 Å². The standard InChI is InChI=1S/C14H26N2O4S/c1-5-20-14(19)11(15)6-7-21-8-12(18)16-13(9(2)3)10(4)17/h9,11,13H,5-8,15H2,1-4H3,(H,16,18). The second-order valence-electron chi connectivity index (χ2n) is 5.10. The van der Waals surface area contributed by atoms with Gasteiger partial charge in [0, 0.05) is 0 Å². The van der Waals surface area contributed by atoms with Crippen LogP contribution in [0.25, 0.3) is 0 Å². The van der Waals surface area contributed by atoms with Crippen molar-refractivity contribution in [2.24, 2.45) is 11.7 Å². The zero-order chi connectivity index (χ0) is 16.4. The molecule has 0 radical (unpaired) electrons. The number of carbonyl (C=O) groups is 3. The average molecular weight is 318 g/mol. The second kappa shape index (κ2) is 10.6. The molecule has 0 fully saturated rings. The number of ketones is 1. The van der Waals surface area contributed by atoms with Crippen molar-refractivity contribution in [3.05, 3.63) is 0 Å². The van der Waals surface area contributed by atoms with E-state index in [0.29, 0.717) is 18.8 Å². The Morgan fingerprint density at radius 1 is 1.29 bits per heavy atom. The first-order valence-corrected chi connectivity index (χ1v) is 8.24. The molecule has 0 bridgehead atoms. The number of nitrogens with two attached hydrogens (primary N) is 1. The summed E-state index contributed by atoms with van der Waals surface area (Å²) in [5.74, 6) is 0.241. The van der Waals surface area contributed by atoms with E-state index in [-0.39, 0.29) is 23.4 Å². The molecule has 0 aromatic carbocycles. The van der Waals surface area contributed by atoms with Crippen LogP contribution in [0.2, 0.25) is 0 Å². The van der Waals surface area contributed by atoms with Gasteiger partial charge in [0.2, 0.25) is 5.91 Å². The Morgan fingerprint density at radius 2 is 1.90 bits per heavy atom. The van der Waals surface area contributed by atoms with Gasteiger partial charge in [0.05, 0.1) is 18.4 Å². The molecule has 0 saturated heterocycles. The minimum Gasteiger partial charge on any atom is -0.465 e. The number of esters is 1. The molecule has 0 aliphatic carbocycles. The van der Waals surface area contributed by atoms with E-state index < -0.39 is 18.1 Å². The Bertz CT molecular complexity index is 361. The summed E-state index contributed by atoms with van der Waals surface area (Å²) < 4.78 is 4.80. The summed E-state index contributed by atoms with van der Waals surface area (Å²) in [5.41, 5.74) is 5.65. The molecule has 1 amide bonds. The van der Waals surface area contributed by atoms with Crippen LogP contribution in [-0.2, 0) is 19.1 Å². The van der Waals surface area contributed by atoms with E-state index in [1.165, 1.54) is 18.7 Å². The third-order valence-electron chi connectivity index (χ3n) is 2.82. The zero-order valence-corrected chi connectivity index (χ0v) is 14.0. The molecule has 122 valence electrons. The Labute approximate surface area is 130 Å². The van der Waals surface area contributed by atoms with Crippen LogP contribution >= 0.6 is 11.8 Å². The molecule has 6 nitrogen and oxygen atoms in total. The van der Waals surface area contributed by atoms with Gasteiger partial charge in [-0.15, -0.1) is 0 Å². The van der Waals surface area contributed by atoms with Crippen LogP contribution in [0, 0.1) is 5.92 Å². The van der Waals surface area contributed by atoms with Gasteiger partial charge in [-0.3, -0.25) is 14.4 Å². The van der Waals surface area contributed by atoms with Crippen molar-refractivity contribution in [1.29, 1.82) is 0 Å². The third-order valence-corrected chi connectivity index (χ3v) is 3.81. The van der Waals surface area contributed by atoms with E-state index in [1.807, 2.05) is 13.8 Å². The first kappa shape index (κ1) is 19.9. The lowest BCUT2D eigenvalue weighted by Crippen LogP contribution is -2.44. The highest BCUT2D eigenvalue weighted by Gasteiger charge is 2.20. The number of rotatable bonds is 10. The van der Waals surface area contributed by atoms with E-state index in [4.69, 9.17) is 10.5 Å². The minimum atomic E-state index is -0.652. The van der Waals surface area contributed by atoms with Crippen LogP contribution in [0.3, 0.4) is 0 Å². The number of amides is 1. The van der Waals surface area contributed by atoms with Gasteiger partial charge in [-0.05, 0) is 31.9 Å². The van der Waals surface area contributed by atoms with E-state index >= 15 is 0 Å². The monoisotopic (exact) mass is 318 g/mol. The number of Topliss-reactive ketones (excluding diaryl/α,β-unsaturated/α-hetero) is 1. The van der Waals surface area contributed by atoms with Gasteiger partial charge in [0.25, 0.3) is 0 Å². The molecule has 0 aromatic heterocycles. The lowest BCUT2D eigenvalue weighted by Gasteiger charge is -2.19. The summed E-state index contributed by atoms with van der Waals surface area (Å²) >= 11 is 1.38. The number of ether oxygens (including phenoxy) is 1. The van der Waals surface area contributed by atoms with Crippen molar-refractivity contribution in [2.75, 3.05) is 18.1 Å². The molecule has 0 heterocycles. The Kier molecular flexibility index (Phi) is 10.1. The highest BCUT2D eigenvalue weighted by Crippen LogP contribution is 2.07. The Morgan fingerprint density at radius 3 is 2.38 bits per heavy atom. The van der Waals surface area contributed by atoms with Gasteiger partial charge in [-0.2, -0.15) is 11.8 Å². The van der Waals surface area contributed by atoms with Crippen molar-refractivity contribution in [2.45, 2.75) is 46.2 Å². The first-order chi connectivity index (χ1) is 9.79. The van der Waals surface area contributed by atoms with E-state index in [0.717, 1.165) is 0 Å². The third kappa shape index (κ3) is 8.72. The van der Waals surface area contributed by atoms with Crippen molar-refractivity contribution < 1.29 is 19.1 Å². The summed E-state index contributed by atoms with van der Waals surface area (Å²) in [6.45, 7) is 7.28. The van der Waals surface area contributed by atoms with Crippen molar-refractivity contribution >= 4 is 29.4 Å². The summed E-state index contributed by atoms with van der Waals surface area (Å²) in [6, 6.07) is -1.10. The first-order valence-electron chi connectivity index (χ1n) is 7.09. The number of thioether (sulfide) groups is 1. The molecule has 2 unspecified atom stereocenters. The summed E-state index contributed by atoms with van der Waals surface area (Å²) in [4.78, 5) is 34.4. The Hall–Kier alpha value is -1.08. The van der Waals surface area contributed by atoms with Gasteiger partial charge in [-0.25, -0.2) is 0 Å².